The Morgan fingerprint density at radius 2 is 2.00 bits per heavy atom. The largest absolute Gasteiger partial charge is 0.444 e. The van der Waals surface area contributed by atoms with Gasteiger partial charge in [0.1, 0.15) is 5.60 Å². The lowest BCUT2D eigenvalue weighted by molar-refractivity contribution is 0.0257. The molecule has 0 aliphatic carbocycles. The van der Waals surface area contributed by atoms with Crippen molar-refractivity contribution in [2.45, 2.75) is 39.3 Å². The molecule has 0 spiro atoms. The molecule has 0 radical (unpaired) electrons. The first kappa shape index (κ1) is 16.6. The summed E-state index contributed by atoms with van der Waals surface area (Å²) in [6.07, 6.45) is 0.750. The van der Waals surface area contributed by atoms with Crippen molar-refractivity contribution in [2.75, 3.05) is 31.9 Å². The van der Waals surface area contributed by atoms with Crippen molar-refractivity contribution in [1.29, 1.82) is 0 Å². The zero-order valence-electron chi connectivity index (χ0n) is 13.8. The van der Waals surface area contributed by atoms with Gasteiger partial charge in [-0.2, -0.15) is 0 Å². The molecule has 1 aromatic rings. The fraction of sp³-hybridized carbons (Fsp3) is 0.588. The Labute approximate surface area is 133 Å². The summed E-state index contributed by atoms with van der Waals surface area (Å²) in [5, 5.41) is 0. The predicted molar refractivity (Wildman–Crippen MR) is 88.6 cm³/mol. The molecule has 0 bridgehead atoms. The zero-order chi connectivity index (χ0) is 16.2. The van der Waals surface area contributed by atoms with Gasteiger partial charge in [-0.25, -0.2) is 4.79 Å². The molecule has 1 fully saturated rings. The van der Waals surface area contributed by atoms with E-state index in [1.54, 1.807) is 0 Å². The average Bonchev–Trinajstić information content (AvgIpc) is 2.62. The third-order valence-corrected chi connectivity index (χ3v) is 3.60. The highest BCUT2D eigenvalue weighted by atomic mass is 16.6. The van der Waals surface area contributed by atoms with Crippen LogP contribution in [0.5, 0.6) is 0 Å². The van der Waals surface area contributed by atoms with Gasteiger partial charge in [-0.3, -0.25) is 4.90 Å². The maximum atomic E-state index is 12.1. The summed E-state index contributed by atoms with van der Waals surface area (Å²) in [6.45, 7) is 9.85. The van der Waals surface area contributed by atoms with E-state index in [1.807, 2.05) is 43.9 Å². The molecule has 1 saturated heterocycles. The summed E-state index contributed by atoms with van der Waals surface area (Å²) in [5.74, 6) is 0. The van der Waals surface area contributed by atoms with E-state index in [0.717, 1.165) is 38.3 Å². The van der Waals surface area contributed by atoms with Crippen molar-refractivity contribution in [2.24, 2.45) is 0 Å². The van der Waals surface area contributed by atoms with Crippen LogP contribution in [0.2, 0.25) is 0 Å². The summed E-state index contributed by atoms with van der Waals surface area (Å²) in [5.41, 5.74) is 7.40. The highest BCUT2D eigenvalue weighted by Gasteiger charge is 2.24. The third-order valence-electron chi connectivity index (χ3n) is 3.60. The first-order valence-corrected chi connectivity index (χ1v) is 7.88. The molecule has 0 aromatic heterocycles. The maximum Gasteiger partial charge on any atom is 0.410 e. The van der Waals surface area contributed by atoms with Gasteiger partial charge in [0.25, 0.3) is 0 Å². The Morgan fingerprint density at radius 1 is 1.23 bits per heavy atom. The van der Waals surface area contributed by atoms with E-state index in [0.29, 0.717) is 6.54 Å². The highest BCUT2D eigenvalue weighted by Crippen LogP contribution is 2.14. The summed E-state index contributed by atoms with van der Waals surface area (Å²) in [4.78, 5) is 16.3. The Morgan fingerprint density at radius 3 is 2.68 bits per heavy atom. The number of nitrogens with two attached hydrogens (primary N) is 1. The van der Waals surface area contributed by atoms with Crippen LogP contribution < -0.4 is 5.73 Å². The lowest BCUT2D eigenvalue weighted by Crippen LogP contribution is -2.39. The standard InChI is InChI=1S/C17H27N3O2/c1-17(2,3)22-16(21)20-9-5-8-19(10-11-20)13-14-6-4-7-15(18)12-14/h4,6-7,12H,5,8-11,13,18H2,1-3H3. The first-order chi connectivity index (χ1) is 10.3. The van der Waals surface area contributed by atoms with E-state index >= 15 is 0 Å². The molecule has 0 atom stereocenters. The van der Waals surface area contributed by atoms with Gasteiger partial charge in [0.2, 0.25) is 0 Å². The summed E-state index contributed by atoms with van der Waals surface area (Å²) < 4.78 is 5.45. The zero-order valence-corrected chi connectivity index (χ0v) is 13.8. The normalized spacial score (nSPS) is 17.1. The average molecular weight is 305 g/mol. The molecule has 22 heavy (non-hydrogen) atoms. The molecule has 0 saturated carbocycles. The second kappa shape index (κ2) is 7.01. The minimum absolute atomic E-state index is 0.210. The highest BCUT2D eigenvalue weighted by molar-refractivity contribution is 5.68. The Kier molecular flexibility index (Phi) is 5.29. The van der Waals surface area contributed by atoms with E-state index in [1.165, 1.54) is 5.56 Å². The van der Waals surface area contributed by atoms with Gasteiger partial charge < -0.3 is 15.4 Å². The van der Waals surface area contributed by atoms with Crippen LogP contribution in [0.25, 0.3) is 0 Å². The summed E-state index contributed by atoms with van der Waals surface area (Å²) >= 11 is 0. The van der Waals surface area contributed by atoms with Gasteiger partial charge in [-0.1, -0.05) is 12.1 Å². The van der Waals surface area contributed by atoms with Crippen LogP contribution in [-0.2, 0) is 11.3 Å². The smallest absolute Gasteiger partial charge is 0.410 e. The van der Waals surface area contributed by atoms with Crippen LogP contribution in [0.3, 0.4) is 0 Å². The minimum Gasteiger partial charge on any atom is -0.444 e. The van der Waals surface area contributed by atoms with Gasteiger partial charge in [-0.15, -0.1) is 0 Å². The van der Waals surface area contributed by atoms with Crippen LogP contribution in [0.15, 0.2) is 24.3 Å². The van der Waals surface area contributed by atoms with Gasteiger partial charge in [0.15, 0.2) is 0 Å². The number of carbonyl (C=O) groups is 1. The topological polar surface area (TPSA) is 58.8 Å². The number of hydrogen-bond acceptors (Lipinski definition) is 4. The number of benzene rings is 1. The number of hydrogen-bond donors (Lipinski definition) is 1. The predicted octanol–water partition coefficient (Wildman–Crippen LogP) is 2.71. The van der Waals surface area contributed by atoms with Crippen molar-refractivity contribution in [3.63, 3.8) is 0 Å². The van der Waals surface area contributed by atoms with Crippen molar-refractivity contribution in [1.82, 2.24) is 9.80 Å². The van der Waals surface area contributed by atoms with E-state index in [4.69, 9.17) is 10.5 Å². The van der Waals surface area contributed by atoms with Crippen molar-refractivity contribution < 1.29 is 9.53 Å². The Hall–Kier alpha value is -1.75. The minimum atomic E-state index is -0.440. The van der Waals surface area contributed by atoms with Gasteiger partial charge >= 0.3 is 6.09 Å². The van der Waals surface area contributed by atoms with Crippen LogP contribution in [-0.4, -0.2) is 47.7 Å². The molecular weight excluding hydrogens is 278 g/mol. The molecule has 0 unspecified atom stereocenters. The first-order valence-electron chi connectivity index (χ1n) is 7.88. The number of nitrogens with zero attached hydrogens (tertiary/aromatic N) is 2. The molecule has 1 aliphatic rings. The molecule has 1 aromatic carbocycles. The fourth-order valence-electron chi connectivity index (χ4n) is 2.59. The fourth-order valence-corrected chi connectivity index (χ4v) is 2.59. The monoisotopic (exact) mass is 305 g/mol. The SMILES string of the molecule is CC(C)(C)OC(=O)N1CCCN(Cc2cccc(N)c2)CC1. The lowest BCUT2D eigenvalue weighted by Gasteiger charge is -2.26. The number of carbonyl (C=O) groups excluding carboxylic acids is 1. The second-order valence-electron chi connectivity index (χ2n) is 6.84. The number of amides is 1. The maximum absolute atomic E-state index is 12.1. The number of nitrogen functional groups attached to an aromatic ring is 1. The summed E-state index contributed by atoms with van der Waals surface area (Å²) in [7, 11) is 0. The van der Waals surface area contributed by atoms with Crippen molar-refractivity contribution in [3.8, 4) is 0 Å². The van der Waals surface area contributed by atoms with E-state index in [2.05, 4.69) is 11.0 Å². The molecule has 2 rings (SSSR count). The molecule has 122 valence electrons. The molecule has 1 aliphatic heterocycles. The van der Waals surface area contributed by atoms with Crippen LogP contribution in [0.1, 0.15) is 32.8 Å². The Bertz CT molecular complexity index is 511. The second-order valence-corrected chi connectivity index (χ2v) is 6.84. The van der Waals surface area contributed by atoms with E-state index in [9.17, 15) is 4.79 Å². The number of ether oxygens (including phenoxy) is 1. The number of anilines is 1. The van der Waals surface area contributed by atoms with E-state index < -0.39 is 5.60 Å². The molecule has 5 nitrogen and oxygen atoms in total. The van der Waals surface area contributed by atoms with Gasteiger partial charge in [0, 0.05) is 38.4 Å². The third kappa shape index (κ3) is 5.22. The molecule has 1 heterocycles. The van der Waals surface area contributed by atoms with E-state index in [-0.39, 0.29) is 6.09 Å². The van der Waals surface area contributed by atoms with Crippen molar-refractivity contribution >= 4 is 11.8 Å². The van der Waals surface area contributed by atoms with Gasteiger partial charge in [-0.05, 0) is 44.9 Å². The molecule has 2 N–H and O–H groups in total. The van der Waals surface area contributed by atoms with Crippen molar-refractivity contribution in [3.05, 3.63) is 29.8 Å². The lowest BCUT2D eigenvalue weighted by atomic mass is 10.2. The van der Waals surface area contributed by atoms with Gasteiger partial charge in [0.05, 0.1) is 0 Å². The Balaban J connectivity index is 1.88. The molecule has 5 heteroatoms. The quantitative estimate of drug-likeness (QED) is 0.854. The van der Waals surface area contributed by atoms with Crippen LogP contribution in [0.4, 0.5) is 10.5 Å². The summed E-state index contributed by atoms with van der Waals surface area (Å²) in [6, 6.07) is 7.98. The number of rotatable bonds is 2. The van der Waals surface area contributed by atoms with Crippen LogP contribution in [0, 0.1) is 0 Å². The molecule has 1 amide bonds. The molecular formula is C17H27N3O2. The van der Waals surface area contributed by atoms with Crippen LogP contribution >= 0.6 is 0 Å².